The molecule has 0 amide bonds. The first-order chi connectivity index (χ1) is 7.25. The molecule has 2 atom stereocenters. The van der Waals surface area contributed by atoms with E-state index in [9.17, 15) is 5.11 Å². The second-order valence-electron chi connectivity index (χ2n) is 3.95. The molecule has 1 rings (SSSR count). The van der Waals surface area contributed by atoms with Gasteiger partial charge < -0.3 is 10.4 Å². The molecule has 2 unspecified atom stereocenters. The van der Waals surface area contributed by atoms with Gasteiger partial charge in [-0.1, -0.05) is 43.7 Å². The normalized spacial score (nSPS) is 14.9. The van der Waals surface area contributed by atoms with E-state index in [1.165, 1.54) is 6.42 Å². The van der Waals surface area contributed by atoms with Crippen LogP contribution in [0.15, 0.2) is 30.3 Å². The summed E-state index contributed by atoms with van der Waals surface area (Å²) in [6.07, 6.45) is 1.93. The maximum Gasteiger partial charge on any atom is 0.0940 e. The molecule has 0 saturated carbocycles. The Labute approximate surface area is 92.3 Å². The van der Waals surface area contributed by atoms with Crippen LogP contribution in [-0.2, 0) is 0 Å². The molecule has 1 aromatic carbocycles. The van der Waals surface area contributed by atoms with Crippen molar-refractivity contribution < 1.29 is 5.11 Å². The van der Waals surface area contributed by atoms with E-state index in [1.54, 1.807) is 0 Å². The predicted molar refractivity (Wildman–Crippen MR) is 63.8 cm³/mol. The SMILES string of the molecule is CCCCNC(C)C(O)c1ccccc1. The third-order valence-electron chi connectivity index (χ3n) is 2.61. The highest BCUT2D eigenvalue weighted by Crippen LogP contribution is 2.15. The summed E-state index contributed by atoms with van der Waals surface area (Å²) in [4.78, 5) is 0. The molecule has 0 aliphatic carbocycles. The fraction of sp³-hybridized carbons (Fsp3) is 0.538. The van der Waals surface area contributed by atoms with Gasteiger partial charge in [0.15, 0.2) is 0 Å². The van der Waals surface area contributed by atoms with Gasteiger partial charge in [0.05, 0.1) is 6.10 Å². The third kappa shape index (κ3) is 4.02. The number of benzene rings is 1. The van der Waals surface area contributed by atoms with E-state index in [0.717, 1.165) is 18.5 Å². The van der Waals surface area contributed by atoms with E-state index in [-0.39, 0.29) is 6.04 Å². The minimum absolute atomic E-state index is 0.110. The fourth-order valence-electron chi connectivity index (χ4n) is 1.56. The van der Waals surface area contributed by atoms with E-state index in [4.69, 9.17) is 0 Å². The molecule has 0 aromatic heterocycles. The molecule has 2 N–H and O–H groups in total. The average Bonchev–Trinajstić information content (AvgIpc) is 2.29. The Balaban J connectivity index is 2.42. The topological polar surface area (TPSA) is 32.3 Å². The lowest BCUT2D eigenvalue weighted by molar-refractivity contribution is 0.136. The summed E-state index contributed by atoms with van der Waals surface area (Å²) in [7, 11) is 0. The molecule has 2 nitrogen and oxygen atoms in total. The first-order valence-corrected chi connectivity index (χ1v) is 5.72. The Hall–Kier alpha value is -0.860. The highest BCUT2D eigenvalue weighted by atomic mass is 16.3. The summed E-state index contributed by atoms with van der Waals surface area (Å²) in [5, 5.41) is 13.4. The molecule has 0 saturated heterocycles. The van der Waals surface area contributed by atoms with E-state index in [2.05, 4.69) is 12.2 Å². The Morgan fingerprint density at radius 1 is 1.27 bits per heavy atom. The van der Waals surface area contributed by atoms with E-state index in [0.29, 0.717) is 0 Å². The molecule has 2 heteroatoms. The van der Waals surface area contributed by atoms with Gasteiger partial charge in [0.1, 0.15) is 0 Å². The van der Waals surface area contributed by atoms with Crippen molar-refractivity contribution in [3.05, 3.63) is 35.9 Å². The quantitative estimate of drug-likeness (QED) is 0.702. The molecule has 84 valence electrons. The molecular weight excluding hydrogens is 186 g/mol. The van der Waals surface area contributed by atoms with Crippen molar-refractivity contribution in [3.63, 3.8) is 0 Å². The number of nitrogens with one attached hydrogen (secondary N) is 1. The van der Waals surface area contributed by atoms with Gasteiger partial charge in [-0.05, 0) is 25.5 Å². The Bertz CT molecular complexity index is 260. The molecule has 0 radical (unpaired) electrons. The summed E-state index contributed by atoms with van der Waals surface area (Å²) >= 11 is 0. The van der Waals surface area contributed by atoms with Gasteiger partial charge in [-0.25, -0.2) is 0 Å². The predicted octanol–water partition coefficient (Wildman–Crippen LogP) is 2.50. The van der Waals surface area contributed by atoms with Crippen LogP contribution in [0.5, 0.6) is 0 Å². The van der Waals surface area contributed by atoms with Gasteiger partial charge in [-0.15, -0.1) is 0 Å². The Morgan fingerprint density at radius 3 is 2.53 bits per heavy atom. The lowest BCUT2D eigenvalue weighted by atomic mass is 10.0. The number of hydrogen-bond acceptors (Lipinski definition) is 2. The number of aliphatic hydroxyl groups excluding tert-OH is 1. The average molecular weight is 207 g/mol. The number of unbranched alkanes of at least 4 members (excludes halogenated alkanes) is 1. The van der Waals surface area contributed by atoms with Gasteiger partial charge in [0, 0.05) is 6.04 Å². The first-order valence-electron chi connectivity index (χ1n) is 5.72. The zero-order valence-corrected chi connectivity index (χ0v) is 9.61. The maximum atomic E-state index is 10.0. The molecule has 0 spiro atoms. The summed E-state index contributed by atoms with van der Waals surface area (Å²) in [5.41, 5.74) is 0.981. The van der Waals surface area contributed by atoms with E-state index < -0.39 is 6.10 Å². The lowest BCUT2D eigenvalue weighted by Crippen LogP contribution is -2.32. The summed E-state index contributed by atoms with van der Waals surface area (Å²) in [6.45, 7) is 5.16. The van der Waals surface area contributed by atoms with Crippen molar-refractivity contribution in [2.24, 2.45) is 0 Å². The van der Waals surface area contributed by atoms with Gasteiger partial charge in [-0.3, -0.25) is 0 Å². The van der Waals surface area contributed by atoms with Crippen molar-refractivity contribution >= 4 is 0 Å². The Kier molecular flexibility index (Phi) is 5.37. The third-order valence-corrected chi connectivity index (χ3v) is 2.61. The van der Waals surface area contributed by atoms with Crippen LogP contribution in [0.3, 0.4) is 0 Å². The van der Waals surface area contributed by atoms with Crippen molar-refractivity contribution in [2.45, 2.75) is 38.8 Å². The summed E-state index contributed by atoms with van der Waals surface area (Å²) in [6, 6.07) is 9.91. The van der Waals surface area contributed by atoms with E-state index in [1.807, 2.05) is 37.3 Å². The molecule has 0 aliphatic rings. The minimum atomic E-state index is -0.414. The first kappa shape index (κ1) is 12.2. The summed E-state index contributed by atoms with van der Waals surface area (Å²) in [5.74, 6) is 0. The van der Waals surface area contributed by atoms with Crippen LogP contribution in [0.2, 0.25) is 0 Å². The highest BCUT2D eigenvalue weighted by Gasteiger charge is 2.14. The number of aliphatic hydroxyl groups is 1. The molecule has 0 fully saturated rings. The maximum absolute atomic E-state index is 10.0. The van der Waals surface area contributed by atoms with Crippen molar-refractivity contribution in [1.82, 2.24) is 5.32 Å². The van der Waals surface area contributed by atoms with Crippen molar-refractivity contribution in [3.8, 4) is 0 Å². The summed E-state index contributed by atoms with van der Waals surface area (Å²) < 4.78 is 0. The molecular formula is C13H21NO. The standard InChI is InChI=1S/C13H21NO/c1-3-4-10-14-11(2)13(15)12-8-6-5-7-9-12/h5-9,11,13-15H,3-4,10H2,1-2H3. The molecule has 0 aliphatic heterocycles. The van der Waals surface area contributed by atoms with Crippen LogP contribution < -0.4 is 5.32 Å². The van der Waals surface area contributed by atoms with Gasteiger partial charge >= 0.3 is 0 Å². The van der Waals surface area contributed by atoms with Crippen molar-refractivity contribution in [2.75, 3.05) is 6.54 Å². The second kappa shape index (κ2) is 6.59. The lowest BCUT2D eigenvalue weighted by Gasteiger charge is -2.20. The van der Waals surface area contributed by atoms with Crippen LogP contribution in [0.4, 0.5) is 0 Å². The van der Waals surface area contributed by atoms with Crippen LogP contribution in [0.1, 0.15) is 38.4 Å². The molecule has 15 heavy (non-hydrogen) atoms. The van der Waals surface area contributed by atoms with Crippen LogP contribution in [-0.4, -0.2) is 17.7 Å². The zero-order chi connectivity index (χ0) is 11.1. The van der Waals surface area contributed by atoms with E-state index >= 15 is 0 Å². The highest BCUT2D eigenvalue weighted by molar-refractivity contribution is 5.18. The van der Waals surface area contributed by atoms with Crippen LogP contribution in [0, 0.1) is 0 Å². The molecule has 1 aromatic rings. The number of hydrogen-bond donors (Lipinski definition) is 2. The van der Waals surface area contributed by atoms with Gasteiger partial charge in [0.25, 0.3) is 0 Å². The monoisotopic (exact) mass is 207 g/mol. The molecule has 0 heterocycles. The van der Waals surface area contributed by atoms with Crippen LogP contribution in [0.25, 0.3) is 0 Å². The van der Waals surface area contributed by atoms with Gasteiger partial charge in [0.2, 0.25) is 0 Å². The fourth-order valence-corrected chi connectivity index (χ4v) is 1.56. The zero-order valence-electron chi connectivity index (χ0n) is 9.61. The Morgan fingerprint density at radius 2 is 1.93 bits per heavy atom. The second-order valence-corrected chi connectivity index (χ2v) is 3.95. The molecule has 0 bridgehead atoms. The largest absolute Gasteiger partial charge is 0.387 e. The van der Waals surface area contributed by atoms with Gasteiger partial charge in [-0.2, -0.15) is 0 Å². The van der Waals surface area contributed by atoms with Crippen LogP contribution >= 0.6 is 0 Å². The number of rotatable bonds is 6. The smallest absolute Gasteiger partial charge is 0.0940 e. The van der Waals surface area contributed by atoms with Crippen molar-refractivity contribution in [1.29, 1.82) is 0 Å². The minimum Gasteiger partial charge on any atom is -0.387 e.